The first-order chi connectivity index (χ1) is 21.1. The zero-order valence-corrected chi connectivity index (χ0v) is 31.4. The zero-order chi connectivity index (χ0) is 34.9. The molecule has 0 aliphatic heterocycles. The molecule has 0 unspecified atom stereocenters. The minimum absolute atomic E-state index is 0.0575. The van der Waals surface area contributed by atoms with Crippen LogP contribution in [0.3, 0.4) is 0 Å². The fraction of sp³-hybridized carbons (Fsp3) is 0.500. The first-order valence-corrected chi connectivity index (χ1v) is 16.7. The van der Waals surface area contributed by atoms with Crippen LogP contribution in [0.15, 0.2) is 90.6 Å². The van der Waals surface area contributed by atoms with E-state index >= 15 is 0 Å². The topological polar surface area (TPSA) is 38.1 Å². The number of nitrogens with zero attached hydrogens (tertiary/aromatic N) is 3. The van der Waals surface area contributed by atoms with Gasteiger partial charge in [-0.1, -0.05) is 144 Å². The molecule has 250 valence electrons. The Bertz CT molecular complexity index is 1090. The van der Waals surface area contributed by atoms with Gasteiger partial charge in [-0.3, -0.25) is 9.78 Å². The van der Waals surface area contributed by atoms with Crippen molar-refractivity contribution in [1.82, 2.24) is 14.5 Å². The van der Waals surface area contributed by atoms with Crippen molar-refractivity contribution in [3.63, 3.8) is 0 Å². The molecule has 0 saturated heterocycles. The second-order valence-corrected chi connectivity index (χ2v) is 9.61. The molecule has 44 heavy (non-hydrogen) atoms. The number of benzene rings is 1. The Hall–Kier alpha value is -3.40. The third-order valence-corrected chi connectivity index (χ3v) is 5.95. The Morgan fingerprint density at radius 3 is 1.70 bits per heavy atom. The molecular formula is C40H69N3O. The molecular weight excluding hydrogens is 538 g/mol. The quantitative estimate of drug-likeness (QED) is 0.251. The summed E-state index contributed by atoms with van der Waals surface area (Å²) in [6.45, 7) is 28.6. The van der Waals surface area contributed by atoms with Crippen molar-refractivity contribution in [2.45, 2.75) is 115 Å². The van der Waals surface area contributed by atoms with Crippen LogP contribution in [0, 0.1) is 13.8 Å². The van der Waals surface area contributed by atoms with Crippen LogP contribution < -0.4 is 5.56 Å². The van der Waals surface area contributed by atoms with Gasteiger partial charge in [0.05, 0.1) is 0 Å². The highest BCUT2D eigenvalue weighted by molar-refractivity contribution is 5.73. The Labute approximate surface area is 274 Å². The molecule has 1 aromatic carbocycles. The number of unbranched alkanes of at least 4 members (excludes halogenated alkanes) is 2. The van der Waals surface area contributed by atoms with Gasteiger partial charge in [-0.05, 0) is 49.0 Å². The summed E-state index contributed by atoms with van der Waals surface area (Å²) in [6, 6.07) is 17.7. The number of aromatic nitrogens is 2. The molecule has 4 heteroatoms. The highest BCUT2D eigenvalue weighted by Crippen LogP contribution is 2.17. The van der Waals surface area contributed by atoms with Crippen LogP contribution in [0.4, 0.5) is 0 Å². The lowest BCUT2D eigenvalue weighted by atomic mass is 10.0. The van der Waals surface area contributed by atoms with Crippen LogP contribution in [0.25, 0.3) is 5.57 Å². The van der Waals surface area contributed by atoms with Crippen LogP contribution in [0.5, 0.6) is 0 Å². The molecule has 0 radical (unpaired) electrons. The maximum atomic E-state index is 11.0. The maximum Gasteiger partial charge on any atom is 0.250 e. The fourth-order valence-corrected chi connectivity index (χ4v) is 3.21. The van der Waals surface area contributed by atoms with Gasteiger partial charge < -0.3 is 9.47 Å². The minimum atomic E-state index is 0.0575. The van der Waals surface area contributed by atoms with Gasteiger partial charge in [0.1, 0.15) is 0 Å². The summed E-state index contributed by atoms with van der Waals surface area (Å²) in [5.41, 5.74) is 5.78. The van der Waals surface area contributed by atoms with Crippen molar-refractivity contribution in [3.8, 4) is 0 Å². The molecule has 2 heterocycles. The van der Waals surface area contributed by atoms with E-state index in [0.29, 0.717) is 5.92 Å². The average molecular weight is 608 g/mol. The SMILES string of the molecule is C=C/C(=C\N(C)C)c1cnc(C)c(C)c1.CC.CC.CC.CCCCC.CC[C@@H](C)c1ccc(=O)n(C)c1.c1ccccc1. The van der Waals surface area contributed by atoms with Gasteiger partial charge >= 0.3 is 0 Å². The second-order valence-electron chi connectivity index (χ2n) is 9.61. The lowest BCUT2D eigenvalue weighted by Crippen LogP contribution is -2.15. The molecule has 0 bridgehead atoms. The number of pyridine rings is 2. The first-order valence-electron chi connectivity index (χ1n) is 16.7. The molecule has 3 aromatic rings. The van der Waals surface area contributed by atoms with E-state index < -0.39 is 0 Å². The van der Waals surface area contributed by atoms with Crippen LogP contribution >= 0.6 is 0 Å². The summed E-state index contributed by atoms with van der Waals surface area (Å²) in [6.07, 6.45) is 12.9. The van der Waals surface area contributed by atoms with Gasteiger partial charge in [0, 0.05) is 57.1 Å². The van der Waals surface area contributed by atoms with Crippen LogP contribution in [0.2, 0.25) is 0 Å². The van der Waals surface area contributed by atoms with Gasteiger partial charge in [-0.25, -0.2) is 0 Å². The van der Waals surface area contributed by atoms with Gasteiger partial charge in [0.15, 0.2) is 0 Å². The average Bonchev–Trinajstić information content (AvgIpc) is 3.07. The lowest BCUT2D eigenvalue weighted by Gasteiger charge is -2.10. The molecule has 1 atom stereocenters. The van der Waals surface area contributed by atoms with E-state index in [0.717, 1.165) is 23.3 Å². The molecule has 2 aromatic heterocycles. The monoisotopic (exact) mass is 608 g/mol. The van der Waals surface area contributed by atoms with Gasteiger partial charge in [0.2, 0.25) is 5.56 Å². The normalized spacial score (nSPS) is 9.84. The summed E-state index contributed by atoms with van der Waals surface area (Å²) >= 11 is 0. The zero-order valence-electron chi connectivity index (χ0n) is 31.4. The maximum absolute atomic E-state index is 11.0. The van der Waals surface area contributed by atoms with Crippen LogP contribution in [0.1, 0.15) is 123 Å². The van der Waals surface area contributed by atoms with Crippen molar-refractivity contribution in [2.24, 2.45) is 7.05 Å². The standard InChI is InChI=1S/C13H18N2.C10H15NO.C6H6.C5H12.3C2H6/c1-6-12(9-15(4)5)13-7-10(2)11(3)14-8-13;1-4-8(2)9-5-6-10(12)11(3)7-9;1-2-4-6-5-3-1;1-3-5-4-2;3*1-2/h6-9H,1H2,2-5H3;5-8H,4H2,1-3H3;1-6H;3-5H2,1-2H3;3*1-2H3/b12-9+;;;;;;/t;8-;;;;;/m.1...../s1. The van der Waals surface area contributed by atoms with Crippen molar-refractivity contribution in [2.75, 3.05) is 14.1 Å². The van der Waals surface area contributed by atoms with E-state index in [1.54, 1.807) is 17.7 Å². The highest BCUT2D eigenvalue weighted by Gasteiger charge is 2.03. The molecule has 0 fully saturated rings. The molecule has 4 nitrogen and oxygen atoms in total. The van der Waals surface area contributed by atoms with Crippen LogP contribution in [-0.4, -0.2) is 28.5 Å². The van der Waals surface area contributed by atoms with E-state index in [4.69, 9.17) is 0 Å². The summed E-state index contributed by atoms with van der Waals surface area (Å²) in [5, 5.41) is 0. The number of aryl methyl sites for hydroxylation is 3. The third kappa shape index (κ3) is 25.1. The molecule has 0 N–H and O–H groups in total. The van der Waals surface area contributed by atoms with Gasteiger partial charge in [0.25, 0.3) is 0 Å². The Kier molecular flexibility index (Phi) is 36.8. The Balaban J connectivity index is -0.000000245. The minimum Gasteiger partial charge on any atom is -0.383 e. The summed E-state index contributed by atoms with van der Waals surface area (Å²) < 4.78 is 1.63. The second kappa shape index (κ2) is 34.1. The van der Waals surface area contributed by atoms with Gasteiger partial charge in [-0.2, -0.15) is 0 Å². The van der Waals surface area contributed by atoms with Gasteiger partial charge in [-0.15, -0.1) is 0 Å². The van der Waals surface area contributed by atoms with Crippen molar-refractivity contribution in [1.29, 1.82) is 0 Å². The third-order valence-electron chi connectivity index (χ3n) is 5.95. The first kappa shape index (κ1) is 47.5. The summed E-state index contributed by atoms with van der Waals surface area (Å²) in [5.74, 6) is 0.539. The summed E-state index contributed by atoms with van der Waals surface area (Å²) in [7, 11) is 5.78. The predicted octanol–water partition coefficient (Wildman–Crippen LogP) is 11.6. The highest BCUT2D eigenvalue weighted by atomic mass is 16.1. The molecule has 0 amide bonds. The fourth-order valence-electron chi connectivity index (χ4n) is 3.21. The van der Waals surface area contributed by atoms with E-state index in [2.05, 4.69) is 52.2 Å². The molecule has 0 aliphatic rings. The number of hydrogen-bond acceptors (Lipinski definition) is 3. The van der Waals surface area contributed by atoms with E-state index in [1.807, 2.05) is 135 Å². The van der Waals surface area contributed by atoms with E-state index in [1.165, 1.54) is 30.4 Å². The lowest BCUT2D eigenvalue weighted by molar-refractivity contribution is 0.566. The van der Waals surface area contributed by atoms with Crippen molar-refractivity contribution < 1.29 is 0 Å². The number of allylic oxidation sites excluding steroid dienone is 2. The van der Waals surface area contributed by atoms with Crippen molar-refractivity contribution >= 4 is 5.57 Å². The molecule has 0 saturated carbocycles. The molecule has 3 rings (SSSR count). The van der Waals surface area contributed by atoms with E-state index in [9.17, 15) is 4.79 Å². The predicted molar refractivity (Wildman–Crippen MR) is 202 cm³/mol. The number of rotatable bonds is 7. The van der Waals surface area contributed by atoms with Crippen molar-refractivity contribution in [3.05, 3.63) is 119 Å². The smallest absolute Gasteiger partial charge is 0.250 e. The summed E-state index contributed by atoms with van der Waals surface area (Å²) in [4.78, 5) is 17.4. The number of hydrogen-bond donors (Lipinski definition) is 0. The Morgan fingerprint density at radius 1 is 0.909 bits per heavy atom. The van der Waals surface area contributed by atoms with Crippen LogP contribution in [-0.2, 0) is 7.05 Å². The molecule has 0 aliphatic carbocycles. The molecule has 0 spiro atoms. The van der Waals surface area contributed by atoms with E-state index in [-0.39, 0.29) is 5.56 Å². The largest absolute Gasteiger partial charge is 0.383 e. The Morgan fingerprint density at radius 2 is 1.39 bits per heavy atom.